The SMILES string of the molecule is CN(CCn1cc(CN)nn1)Cc1ccccc1. The van der Waals surface area contributed by atoms with E-state index < -0.39 is 0 Å². The molecule has 1 aromatic heterocycles. The van der Waals surface area contributed by atoms with E-state index in [1.807, 2.05) is 16.9 Å². The molecule has 0 atom stereocenters. The average molecular weight is 245 g/mol. The number of nitrogens with zero attached hydrogens (tertiary/aromatic N) is 4. The lowest BCUT2D eigenvalue weighted by Crippen LogP contribution is -2.23. The van der Waals surface area contributed by atoms with Crippen LogP contribution in [0.15, 0.2) is 36.5 Å². The minimum Gasteiger partial charge on any atom is -0.325 e. The zero-order valence-electron chi connectivity index (χ0n) is 10.7. The van der Waals surface area contributed by atoms with Gasteiger partial charge in [0.05, 0.1) is 12.2 Å². The molecule has 0 unspecified atom stereocenters. The summed E-state index contributed by atoms with van der Waals surface area (Å²) in [5.41, 5.74) is 7.65. The number of nitrogens with two attached hydrogens (primary N) is 1. The molecule has 5 nitrogen and oxygen atoms in total. The van der Waals surface area contributed by atoms with E-state index in [1.54, 1.807) is 0 Å². The van der Waals surface area contributed by atoms with Gasteiger partial charge in [0.1, 0.15) is 0 Å². The van der Waals surface area contributed by atoms with Crippen molar-refractivity contribution in [3.8, 4) is 0 Å². The van der Waals surface area contributed by atoms with Gasteiger partial charge in [0.25, 0.3) is 0 Å². The van der Waals surface area contributed by atoms with Crippen molar-refractivity contribution in [3.05, 3.63) is 47.8 Å². The Morgan fingerprint density at radius 1 is 1.28 bits per heavy atom. The fraction of sp³-hybridized carbons (Fsp3) is 0.385. The van der Waals surface area contributed by atoms with Crippen LogP contribution in [0.25, 0.3) is 0 Å². The Labute approximate surface area is 107 Å². The van der Waals surface area contributed by atoms with Crippen molar-refractivity contribution in [1.82, 2.24) is 19.9 Å². The third-order valence-corrected chi connectivity index (χ3v) is 2.80. The molecule has 18 heavy (non-hydrogen) atoms. The summed E-state index contributed by atoms with van der Waals surface area (Å²) in [6.45, 7) is 3.15. The van der Waals surface area contributed by atoms with E-state index in [9.17, 15) is 0 Å². The largest absolute Gasteiger partial charge is 0.325 e. The highest BCUT2D eigenvalue weighted by Gasteiger charge is 2.02. The molecular formula is C13H19N5. The van der Waals surface area contributed by atoms with Gasteiger partial charge in [-0.3, -0.25) is 4.68 Å². The predicted molar refractivity (Wildman–Crippen MR) is 70.7 cm³/mol. The molecule has 96 valence electrons. The minimum absolute atomic E-state index is 0.444. The maximum atomic E-state index is 5.50. The van der Waals surface area contributed by atoms with E-state index in [1.165, 1.54) is 5.56 Å². The molecule has 0 saturated heterocycles. The van der Waals surface area contributed by atoms with Crippen LogP contribution >= 0.6 is 0 Å². The molecule has 5 heteroatoms. The average Bonchev–Trinajstić information content (AvgIpc) is 2.85. The smallest absolute Gasteiger partial charge is 0.0962 e. The van der Waals surface area contributed by atoms with Gasteiger partial charge in [0.2, 0.25) is 0 Å². The van der Waals surface area contributed by atoms with Gasteiger partial charge in [-0.25, -0.2) is 0 Å². The molecule has 0 spiro atoms. The zero-order chi connectivity index (χ0) is 12.8. The first-order valence-electron chi connectivity index (χ1n) is 6.09. The summed E-state index contributed by atoms with van der Waals surface area (Å²) in [5.74, 6) is 0. The van der Waals surface area contributed by atoms with E-state index in [2.05, 4.69) is 46.5 Å². The monoisotopic (exact) mass is 245 g/mol. The van der Waals surface area contributed by atoms with E-state index >= 15 is 0 Å². The molecule has 0 bridgehead atoms. The lowest BCUT2D eigenvalue weighted by atomic mass is 10.2. The molecule has 0 radical (unpaired) electrons. The molecule has 0 fully saturated rings. The van der Waals surface area contributed by atoms with Gasteiger partial charge in [-0.05, 0) is 12.6 Å². The number of rotatable bonds is 6. The predicted octanol–water partition coefficient (Wildman–Crippen LogP) is 0.869. The molecule has 0 amide bonds. The van der Waals surface area contributed by atoms with Crippen LogP contribution in [0.2, 0.25) is 0 Å². The van der Waals surface area contributed by atoms with Crippen molar-refractivity contribution < 1.29 is 0 Å². The van der Waals surface area contributed by atoms with Gasteiger partial charge < -0.3 is 10.6 Å². The maximum absolute atomic E-state index is 5.50. The van der Waals surface area contributed by atoms with Crippen molar-refractivity contribution in [2.45, 2.75) is 19.6 Å². The van der Waals surface area contributed by atoms with Gasteiger partial charge in [-0.1, -0.05) is 35.5 Å². The first-order chi connectivity index (χ1) is 8.78. The molecule has 1 heterocycles. The van der Waals surface area contributed by atoms with Crippen LogP contribution in [0.3, 0.4) is 0 Å². The highest BCUT2D eigenvalue weighted by atomic mass is 15.4. The lowest BCUT2D eigenvalue weighted by molar-refractivity contribution is 0.304. The van der Waals surface area contributed by atoms with Crippen LogP contribution in [0.1, 0.15) is 11.3 Å². The van der Waals surface area contributed by atoms with Crippen LogP contribution in [0, 0.1) is 0 Å². The number of hydrogen-bond acceptors (Lipinski definition) is 4. The Hall–Kier alpha value is -1.72. The van der Waals surface area contributed by atoms with Gasteiger partial charge in [-0.15, -0.1) is 5.10 Å². The van der Waals surface area contributed by atoms with Crippen molar-refractivity contribution in [2.24, 2.45) is 5.73 Å². The second-order valence-corrected chi connectivity index (χ2v) is 4.40. The van der Waals surface area contributed by atoms with Gasteiger partial charge in [0, 0.05) is 25.8 Å². The van der Waals surface area contributed by atoms with Crippen LogP contribution in [-0.2, 0) is 19.6 Å². The molecule has 0 aliphatic heterocycles. The van der Waals surface area contributed by atoms with E-state index in [0.29, 0.717) is 6.54 Å². The van der Waals surface area contributed by atoms with Gasteiger partial charge in [-0.2, -0.15) is 0 Å². The number of hydrogen-bond donors (Lipinski definition) is 1. The van der Waals surface area contributed by atoms with Crippen molar-refractivity contribution >= 4 is 0 Å². The fourth-order valence-corrected chi connectivity index (χ4v) is 1.79. The Bertz CT molecular complexity index is 465. The van der Waals surface area contributed by atoms with Crippen LogP contribution in [0.5, 0.6) is 0 Å². The van der Waals surface area contributed by atoms with Crippen LogP contribution in [0.4, 0.5) is 0 Å². The van der Waals surface area contributed by atoms with Crippen LogP contribution < -0.4 is 5.73 Å². The molecule has 0 saturated carbocycles. The summed E-state index contributed by atoms with van der Waals surface area (Å²) in [6, 6.07) is 10.4. The van der Waals surface area contributed by atoms with Crippen molar-refractivity contribution in [3.63, 3.8) is 0 Å². The molecule has 0 aliphatic rings. The first-order valence-corrected chi connectivity index (χ1v) is 6.09. The highest BCUT2D eigenvalue weighted by Crippen LogP contribution is 2.02. The molecule has 2 rings (SSSR count). The summed E-state index contributed by atoms with van der Waals surface area (Å²) < 4.78 is 1.84. The van der Waals surface area contributed by atoms with E-state index in [4.69, 9.17) is 5.73 Å². The minimum atomic E-state index is 0.444. The Morgan fingerprint density at radius 2 is 2.06 bits per heavy atom. The molecular weight excluding hydrogens is 226 g/mol. The summed E-state index contributed by atoms with van der Waals surface area (Å²) >= 11 is 0. The Morgan fingerprint density at radius 3 is 2.72 bits per heavy atom. The summed E-state index contributed by atoms with van der Waals surface area (Å²) in [4.78, 5) is 2.26. The lowest BCUT2D eigenvalue weighted by Gasteiger charge is -2.16. The topological polar surface area (TPSA) is 60.0 Å². The Kier molecular flexibility index (Phi) is 4.44. The van der Waals surface area contributed by atoms with Gasteiger partial charge >= 0.3 is 0 Å². The number of aromatic nitrogens is 3. The quantitative estimate of drug-likeness (QED) is 0.820. The second-order valence-electron chi connectivity index (χ2n) is 4.40. The summed E-state index contributed by atoms with van der Waals surface area (Å²) in [5, 5.41) is 7.99. The zero-order valence-corrected chi connectivity index (χ0v) is 10.7. The van der Waals surface area contributed by atoms with E-state index in [0.717, 1.165) is 25.3 Å². The number of benzene rings is 1. The fourth-order valence-electron chi connectivity index (χ4n) is 1.79. The standard InChI is InChI=1S/C13H19N5/c1-17(10-12-5-3-2-4-6-12)7-8-18-11-13(9-14)15-16-18/h2-6,11H,7-10,14H2,1H3. The second kappa shape index (κ2) is 6.28. The maximum Gasteiger partial charge on any atom is 0.0962 e. The summed E-state index contributed by atoms with van der Waals surface area (Å²) in [7, 11) is 2.10. The van der Waals surface area contributed by atoms with Gasteiger partial charge in [0.15, 0.2) is 0 Å². The first kappa shape index (κ1) is 12.7. The molecule has 2 N–H and O–H groups in total. The third-order valence-electron chi connectivity index (χ3n) is 2.80. The highest BCUT2D eigenvalue weighted by molar-refractivity contribution is 5.14. The van der Waals surface area contributed by atoms with Crippen LogP contribution in [-0.4, -0.2) is 33.5 Å². The number of likely N-dealkylation sites (N-methyl/N-ethyl adjacent to an activating group) is 1. The molecule has 2 aromatic rings. The molecule has 0 aliphatic carbocycles. The normalized spacial score (nSPS) is 11.1. The summed E-state index contributed by atoms with van der Waals surface area (Å²) in [6.07, 6.45) is 1.90. The Balaban J connectivity index is 1.79. The van der Waals surface area contributed by atoms with Crippen molar-refractivity contribution in [1.29, 1.82) is 0 Å². The molecule has 1 aromatic carbocycles. The van der Waals surface area contributed by atoms with Crippen molar-refractivity contribution in [2.75, 3.05) is 13.6 Å². The third kappa shape index (κ3) is 3.65. The van der Waals surface area contributed by atoms with E-state index in [-0.39, 0.29) is 0 Å².